The summed E-state index contributed by atoms with van der Waals surface area (Å²) in [5.41, 5.74) is 0.787. The Morgan fingerprint density at radius 2 is 2.31 bits per heavy atom. The summed E-state index contributed by atoms with van der Waals surface area (Å²) < 4.78 is 12.3. The molecule has 0 unspecified atom stereocenters. The largest absolute Gasteiger partial charge is 0.484 e. The van der Waals surface area contributed by atoms with E-state index in [1.807, 2.05) is 23.9 Å². The fourth-order valence-electron chi connectivity index (χ4n) is 1.32. The molecule has 5 nitrogen and oxygen atoms in total. The van der Waals surface area contributed by atoms with E-state index in [2.05, 4.69) is 24.1 Å². The van der Waals surface area contributed by atoms with E-state index in [0.717, 1.165) is 17.2 Å². The van der Waals surface area contributed by atoms with Gasteiger partial charge in [-0.15, -0.1) is 0 Å². The molecule has 0 saturated carbocycles. The quantitative estimate of drug-likeness (QED) is 0.795. The van der Waals surface area contributed by atoms with Crippen molar-refractivity contribution in [3.8, 4) is 5.75 Å². The summed E-state index contributed by atoms with van der Waals surface area (Å²) in [7, 11) is 0. The van der Waals surface area contributed by atoms with Gasteiger partial charge in [-0.3, -0.25) is 4.68 Å². The topological polar surface area (TPSA) is 53.1 Å². The van der Waals surface area contributed by atoms with Crippen LogP contribution in [0.1, 0.15) is 31.3 Å². The van der Waals surface area contributed by atoms with Gasteiger partial charge in [0.25, 0.3) is 0 Å². The zero-order valence-electron chi connectivity index (χ0n) is 9.67. The average Bonchev–Trinajstić information content (AvgIpc) is 2.83. The standard InChI is InChI=1S/C11H15N3O2/c1-8(2)14-6-11(5-12-14)15-7-10-4-9(3)16-13-10/h4-6,8H,7H2,1-3H3. The summed E-state index contributed by atoms with van der Waals surface area (Å²) in [5, 5.41) is 8.03. The Balaban J connectivity index is 1.94. The van der Waals surface area contributed by atoms with Gasteiger partial charge in [-0.05, 0) is 20.8 Å². The second-order valence-electron chi connectivity index (χ2n) is 3.97. The Kier molecular flexibility index (Phi) is 2.94. The fourth-order valence-corrected chi connectivity index (χ4v) is 1.32. The van der Waals surface area contributed by atoms with Crippen LogP contribution in [0.25, 0.3) is 0 Å². The van der Waals surface area contributed by atoms with Crippen molar-refractivity contribution in [2.24, 2.45) is 0 Å². The van der Waals surface area contributed by atoms with Crippen molar-refractivity contribution in [1.82, 2.24) is 14.9 Å². The average molecular weight is 221 g/mol. The highest BCUT2D eigenvalue weighted by Gasteiger charge is 2.04. The predicted octanol–water partition coefficient (Wildman–Crippen LogP) is 2.34. The monoisotopic (exact) mass is 221 g/mol. The summed E-state index contributed by atoms with van der Waals surface area (Å²) in [6.07, 6.45) is 3.57. The minimum Gasteiger partial charge on any atom is -0.484 e. The zero-order chi connectivity index (χ0) is 11.5. The molecule has 5 heteroatoms. The van der Waals surface area contributed by atoms with Crippen molar-refractivity contribution in [1.29, 1.82) is 0 Å². The smallest absolute Gasteiger partial charge is 0.157 e. The van der Waals surface area contributed by atoms with Gasteiger partial charge in [-0.2, -0.15) is 5.10 Å². The molecular weight excluding hydrogens is 206 g/mol. The number of aryl methyl sites for hydroxylation is 1. The Morgan fingerprint density at radius 3 is 2.88 bits per heavy atom. The van der Waals surface area contributed by atoms with E-state index in [-0.39, 0.29) is 0 Å². The number of aromatic nitrogens is 3. The van der Waals surface area contributed by atoms with Gasteiger partial charge in [0.1, 0.15) is 18.1 Å². The van der Waals surface area contributed by atoms with Crippen LogP contribution in [0.15, 0.2) is 23.0 Å². The predicted molar refractivity (Wildman–Crippen MR) is 58.2 cm³/mol. The van der Waals surface area contributed by atoms with E-state index in [1.165, 1.54) is 0 Å². The molecule has 2 aromatic heterocycles. The molecule has 2 aromatic rings. The summed E-state index contributed by atoms with van der Waals surface area (Å²) in [6.45, 7) is 6.39. The molecule has 2 rings (SSSR count). The molecule has 0 spiro atoms. The van der Waals surface area contributed by atoms with E-state index >= 15 is 0 Å². The molecule has 0 N–H and O–H groups in total. The van der Waals surface area contributed by atoms with Crippen LogP contribution in [-0.2, 0) is 6.61 Å². The van der Waals surface area contributed by atoms with Gasteiger partial charge < -0.3 is 9.26 Å². The van der Waals surface area contributed by atoms with Crippen LogP contribution in [0.5, 0.6) is 5.75 Å². The first-order valence-electron chi connectivity index (χ1n) is 5.24. The molecule has 0 radical (unpaired) electrons. The summed E-state index contributed by atoms with van der Waals surface area (Å²) in [5.74, 6) is 1.53. The Hall–Kier alpha value is -1.78. The molecule has 0 amide bonds. The van der Waals surface area contributed by atoms with E-state index in [0.29, 0.717) is 12.6 Å². The highest BCUT2D eigenvalue weighted by atomic mass is 16.5. The highest BCUT2D eigenvalue weighted by molar-refractivity contribution is 5.13. The lowest BCUT2D eigenvalue weighted by molar-refractivity contribution is 0.287. The van der Waals surface area contributed by atoms with Gasteiger partial charge in [-0.1, -0.05) is 5.16 Å². The molecule has 0 fully saturated rings. The second kappa shape index (κ2) is 4.38. The van der Waals surface area contributed by atoms with Gasteiger partial charge in [0.15, 0.2) is 5.75 Å². The van der Waals surface area contributed by atoms with Crippen LogP contribution < -0.4 is 4.74 Å². The number of rotatable bonds is 4. The molecule has 2 heterocycles. The normalized spacial score (nSPS) is 11.0. The lowest BCUT2D eigenvalue weighted by Crippen LogP contribution is -2.00. The van der Waals surface area contributed by atoms with Crippen molar-refractivity contribution >= 4 is 0 Å². The number of ether oxygens (including phenoxy) is 1. The van der Waals surface area contributed by atoms with E-state index in [9.17, 15) is 0 Å². The third-order valence-electron chi connectivity index (χ3n) is 2.17. The summed E-state index contributed by atoms with van der Waals surface area (Å²) in [6, 6.07) is 2.19. The first-order valence-corrected chi connectivity index (χ1v) is 5.24. The van der Waals surface area contributed by atoms with Crippen LogP contribution in [0.3, 0.4) is 0 Å². The molecule has 0 saturated heterocycles. The first kappa shape index (κ1) is 10.7. The number of nitrogens with zero attached hydrogens (tertiary/aromatic N) is 3. The lowest BCUT2D eigenvalue weighted by Gasteiger charge is -2.03. The van der Waals surface area contributed by atoms with Crippen molar-refractivity contribution in [2.75, 3.05) is 0 Å². The maximum atomic E-state index is 5.53. The molecule has 0 bridgehead atoms. The van der Waals surface area contributed by atoms with Crippen LogP contribution >= 0.6 is 0 Å². The molecule has 16 heavy (non-hydrogen) atoms. The molecule has 0 aromatic carbocycles. The van der Waals surface area contributed by atoms with E-state index in [1.54, 1.807) is 6.20 Å². The van der Waals surface area contributed by atoms with Gasteiger partial charge in [0, 0.05) is 12.1 Å². The molecule has 86 valence electrons. The Morgan fingerprint density at radius 1 is 1.50 bits per heavy atom. The van der Waals surface area contributed by atoms with Crippen molar-refractivity contribution < 1.29 is 9.26 Å². The SMILES string of the molecule is Cc1cc(COc2cnn(C(C)C)c2)no1. The molecule has 0 aliphatic heterocycles. The minimum atomic E-state index is 0.339. The molecular formula is C11H15N3O2. The molecule has 0 aliphatic rings. The van der Waals surface area contributed by atoms with Crippen molar-refractivity contribution in [3.05, 3.63) is 29.9 Å². The van der Waals surface area contributed by atoms with Gasteiger partial charge in [0.2, 0.25) is 0 Å². The van der Waals surface area contributed by atoms with Crippen LogP contribution in [0.4, 0.5) is 0 Å². The van der Waals surface area contributed by atoms with Crippen LogP contribution in [0.2, 0.25) is 0 Å². The third-order valence-corrected chi connectivity index (χ3v) is 2.17. The number of hydrogen-bond donors (Lipinski definition) is 0. The van der Waals surface area contributed by atoms with E-state index in [4.69, 9.17) is 9.26 Å². The summed E-state index contributed by atoms with van der Waals surface area (Å²) >= 11 is 0. The Labute approximate surface area is 94.0 Å². The maximum Gasteiger partial charge on any atom is 0.157 e. The molecule has 0 atom stereocenters. The molecule has 0 aliphatic carbocycles. The van der Waals surface area contributed by atoms with Gasteiger partial charge in [0.05, 0.1) is 12.4 Å². The fraction of sp³-hybridized carbons (Fsp3) is 0.455. The maximum absolute atomic E-state index is 5.53. The van der Waals surface area contributed by atoms with Crippen molar-refractivity contribution in [3.63, 3.8) is 0 Å². The van der Waals surface area contributed by atoms with Crippen LogP contribution in [0, 0.1) is 6.92 Å². The lowest BCUT2D eigenvalue weighted by atomic mass is 10.4. The van der Waals surface area contributed by atoms with Gasteiger partial charge >= 0.3 is 0 Å². The van der Waals surface area contributed by atoms with Gasteiger partial charge in [-0.25, -0.2) is 0 Å². The minimum absolute atomic E-state index is 0.339. The summed E-state index contributed by atoms with van der Waals surface area (Å²) in [4.78, 5) is 0. The third kappa shape index (κ3) is 2.42. The number of hydrogen-bond acceptors (Lipinski definition) is 4. The second-order valence-corrected chi connectivity index (χ2v) is 3.97. The van der Waals surface area contributed by atoms with Crippen LogP contribution in [-0.4, -0.2) is 14.9 Å². The van der Waals surface area contributed by atoms with E-state index < -0.39 is 0 Å². The van der Waals surface area contributed by atoms with Crippen molar-refractivity contribution in [2.45, 2.75) is 33.4 Å². The highest BCUT2D eigenvalue weighted by Crippen LogP contribution is 2.14. The zero-order valence-corrected chi connectivity index (χ0v) is 9.67. The first-order chi connectivity index (χ1) is 7.65. The Bertz CT molecular complexity index is 459.